The minimum Gasteiger partial charge on any atom is -0.375 e. The Morgan fingerprint density at radius 2 is 2.00 bits per heavy atom. The van der Waals surface area contributed by atoms with E-state index in [4.69, 9.17) is 9.47 Å². The minimum absolute atomic E-state index is 0. The molecule has 0 saturated carbocycles. The molecule has 7 nitrogen and oxygen atoms in total. The lowest BCUT2D eigenvalue weighted by Crippen LogP contribution is -2.53. The number of amides is 2. The molecule has 1 aliphatic rings. The Hall–Kier alpha value is -1.67. The second-order valence-electron chi connectivity index (χ2n) is 5.44. The summed E-state index contributed by atoms with van der Waals surface area (Å²) in [4.78, 5) is 24.1. The van der Waals surface area contributed by atoms with Gasteiger partial charge in [-0.1, -0.05) is 6.07 Å². The van der Waals surface area contributed by atoms with Crippen LogP contribution >= 0.6 is 12.4 Å². The van der Waals surface area contributed by atoms with Crippen LogP contribution in [0.3, 0.4) is 0 Å². The van der Waals surface area contributed by atoms with E-state index in [1.54, 1.807) is 31.2 Å². The summed E-state index contributed by atoms with van der Waals surface area (Å²) in [7, 11) is 1.47. The minimum atomic E-state index is -0.544. The molecule has 1 aromatic carbocycles. The lowest BCUT2D eigenvalue weighted by molar-refractivity contribution is -0.125. The van der Waals surface area contributed by atoms with Crippen molar-refractivity contribution in [3.05, 3.63) is 24.3 Å². The van der Waals surface area contributed by atoms with Gasteiger partial charge in [-0.3, -0.25) is 9.59 Å². The number of ether oxygens (including phenoxy) is 2. The predicted molar refractivity (Wildman–Crippen MR) is 94.6 cm³/mol. The van der Waals surface area contributed by atoms with Crippen LogP contribution in [-0.2, 0) is 19.1 Å². The third-order valence-corrected chi connectivity index (χ3v) is 3.72. The quantitative estimate of drug-likeness (QED) is 0.741. The standard InChI is InChI=1S/C16H23N3O4.ClH/c1-10-14(17-7-8-23-10)16(21)19-13-6-4-5-12(9-13)18-15(20)11(2)22-3;/h4-6,9-11,14,17H,7-8H2,1-3H3,(H,18,20)(H,19,21);1H/t10-,11?,14+;/m1./s1. The van der Waals surface area contributed by atoms with Crippen LogP contribution in [0.2, 0.25) is 0 Å². The highest BCUT2D eigenvalue weighted by atomic mass is 35.5. The van der Waals surface area contributed by atoms with Crippen molar-refractivity contribution in [1.82, 2.24) is 5.32 Å². The number of rotatable bonds is 5. The molecule has 1 heterocycles. The molecule has 0 radical (unpaired) electrons. The largest absolute Gasteiger partial charge is 0.375 e. The number of anilines is 2. The van der Waals surface area contributed by atoms with Crippen molar-refractivity contribution in [3.8, 4) is 0 Å². The average molecular weight is 358 g/mol. The first-order chi connectivity index (χ1) is 11.0. The normalized spacial score (nSPS) is 21.3. The number of methoxy groups -OCH3 is 1. The monoisotopic (exact) mass is 357 g/mol. The van der Waals surface area contributed by atoms with Crippen molar-refractivity contribution in [3.63, 3.8) is 0 Å². The number of hydrogen-bond acceptors (Lipinski definition) is 5. The number of halogens is 1. The molecular formula is C16H24ClN3O4. The van der Waals surface area contributed by atoms with Crippen molar-refractivity contribution in [2.45, 2.75) is 32.1 Å². The van der Waals surface area contributed by atoms with Crippen LogP contribution in [0.1, 0.15) is 13.8 Å². The van der Waals surface area contributed by atoms with E-state index < -0.39 is 12.1 Å². The van der Waals surface area contributed by atoms with Gasteiger partial charge in [0.25, 0.3) is 5.91 Å². The fourth-order valence-electron chi connectivity index (χ4n) is 2.27. The molecular weight excluding hydrogens is 334 g/mol. The lowest BCUT2D eigenvalue weighted by atomic mass is 10.1. The van der Waals surface area contributed by atoms with Crippen molar-refractivity contribution in [1.29, 1.82) is 0 Å². The molecule has 3 atom stereocenters. The van der Waals surface area contributed by atoms with Gasteiger partial charge >= 0.3 is 0 Å². The summed E-state index contributed by atoms with van der Waals surface area (Å²) >= 11 is 0. The van der Waals surface area contributed by atoms with Gasteiger partial charge in [0.15, 0.2) is 0 Å². The van der Waals surface area contributed by atoms with E-state index >= 15 is 0 Å². The zero-order chi connectivity index (χ0) is 16.8. The van der Waals surface area contributed by atoms with Gasteiger partial charge in [-0.25, -0.2) is 0 Å². The maximum absolute atomic E-state index is 12.3. The van der Waals surface area contributed by atoms with Crippen molar-refractivity contribution >= 4 is 35.6 Å². The summed E-state index contributed by atoms with van der Waals surface area (Å²) in [5, 5.41) is 8.71. The molecule has 0 spiro atoms. The number of benzene rings is 1. The van der Waals surface area contributed by atoms with Crippen LogP contribution < -0.4 is 16.0 Å². The Bertz CT molecular complexity index is 570. The predicted octanol–water partition coefficient (Wildman–Crippen LogP) is 1.40. The van der Waals surface area contributed by atoms with Gasteiger partial charge in [0, 0.05) is 25.0 Å². The molecule has 8 heteroatoms. The summed E-state index contributed by atoms with van der Waals surface area (Å²) in [6, 6.07) is 6.58. The van der Waals surface area contributed by atoms with Crippen molar-refractivity contribution < 1.29 is 19.1 Å². The molecule has 0 aliphatic carbocycles. The van der Waals surface area contributed by atoms with E-state index in [1.807, 2.05) is 6.92 Å². The van der Waals surface area contributed by atoms with E-state index in [9.17, 15) is 9.59 Å². The zero-order valence-electron chi connectivity index (χ0n) is 14.0. The van der Waals surface area contributed by atoms with Gasteiger partial charge < -0.3 is 25.4 Å². The van der Waals surface area contributed by atoms with Gasteiger partial charge in [0.2, 0.25) is 5.91 Å². The highest BCUT2D eigenvalue weighted by Gasteiger charge is 2.28. The van der Waals surface area contributed by atoms with Crippen molar-refractivity contribution in [2.24, 2.45) is 0 Å². The Morgan fingerprint density at radius 3 is 2.62 bits per heavy atom. The number of carbonyl (C=O) groups is 2. The fraction of sp³-hybridized carbons (Fsp3) is 0.500. The van der Waals surface area contributed by atoms with Crippen LogP contribution in [0.5, 0.6) is 0 Å². The molecule has 1 aliphatic heterocycles. The third kappa shape index (κ3) is 5.45. The van der Waals surface area contributed by atoms with Gasteiger partial charge in [-0.2, -0.15) is 0 Å². The third-order valence-electron chi connectivity index (χ3n) is 3.72. The molecule has 24 heavy (non-hydrogen) atoms. The van der Waals surface area contributed by atoms with Crippen LogP contribution in [0.4, 0.5) is 11.4 Å². The summed E-state index contributed by atoms with van der Waals surface area (Å²) in [6.45, 7) is 4.77. The summed E-state index contributed by atoms with van der Waals surface area (Å²) in [6.07, 6.45) is -0.730. The molecule has 1 saturated heterocycles. The Morgan fingerprint density at radius 1 is 1.33 bits per heavy atom. The van der Waals surface area contributed by atoms with Gasteiger partial charge in [-0.15, -0.1) is 12.4 Å². The molecule has 1 unspecified atom stereocenters. The van der Waals surface area contributed by atoms with E-state index in [0.717, 1.165) is 0 Å². The lowest BCUT2D eigenvalue weighted by Gasteiger charge is -2.29. The first-order valence-electron chi connectivity index (χ1n) is 7.61. The van der Waals surface area contributed by atoms with Crippen LogP contribution in [0.25, 0.3) is 0 Å². The Kier molecular flexibility index (Phi) is 8.14. The Balaban J connectivity index is 0.00000288. The zero-order valence-corrected chi connectivity index (χ0v) is 14.8. The molecule has 0 bridgehead atoms. The van der Waals surface area contributed by atoms with Crippen LogP contribution in [0.15, 0.2) is 24.3 Å². The smallest absolute Gasteiger partial charge is 0.253 e. The molecule has 1 fully saturated rings. The van der Waals surface area contributed by atoms with E-state index in [1.165, 1.54) is 7.11 Å². The number of morpholine rings is 1. The topological polar surface area (TPSA) is 88.7 Å². The van der Waals surface area contributed by atoms with E-state index in [2.05, 4.69) is 16.0 Å². The molecule has 134 valence electrons. The molecule has 0 aromatic heterocycles. The molecule has 2 amide bonds. The number of carbonyl (C=O) groups excluding carboxylic acids is 2. The summed E-state index contributed by atoms with van der Waals surface area (Å²) in [5.41, 5.74) is 1.20. The Labute approximate surface area is 147 Å². The SMILES string of the molecule is COC(C)C(=O)Nc1cccc(NC(=O)[C@H]2NCCO[C@@H]2C)c1.Cl. The van der Waals surface area contributed by atoms with Gasteiger partial charge in [-0.05, 0) is 32.0 Å². The fourth-order valence-corrected chi connectivity index (χ4v) is 2.27. The van der Waals surface area contributed by atoms with E-state index in [-0.39, 0.29) is 30.3 Å². The first kappa shape index (κ1) is 20.4. The summed E-state index contributed by atoms with van der Waals surface area (Å²) < 4.78 is 10.4. The van der Waals surface area contributed by atoms with Gasteiger partial charge in [0.1, 0.15) is 12.1 Å². The first-order valence-corrected chi connectivity index (χ1v) is 7.61. The summed E-state index contributed by atoms with van der Waals surface area (Å²) in [5.74, 6) is -0.405. The second kappa shape index (κ2) is 9.58. The molecule has 3 N–H and O–H groups in total. The van der Waals surface area contributed by atoms with Gasteiger partial charge in [0.05, 0.1) is 12.7 Å². The molecule has 1 aromatic rings. The maximum Gasteiger partial charge on any atom is 0.253 e. The second-order valence-corrected chi connectivity index (χ2v) is 5.44. The highest BCUT2D eigenvalue weighted by Crippen LogP contribution is 2.16. The average Bonchev–Trinajstić information content (AvgIpc) is 2.54. The van der Waals surface area contributed by atoms with Crippen molar-refractivity contribution in [2.75, 3.05) is 30.9 Å². The highest BCUT2D eigenvalue weighted by molar-refractivity contribution is 5.97. The van der Waals surface area contributed by atoms with Crippen LogP contribution in [-0.4, -0.2) is 50.3 Å². The number of hydrogen-bond donors (Lipinski definition) is 3. The maximum atomic E-state index is 12.3. The molecule has 2 rings (SSSR count). The number of nitrogens with one attached hydrogen (secondary N) is 3. The van der Waals surface area contributed by atoms with E-state index in [0.29, 0.717) is 24.5 Å². The van der Waals surface area contributed by atoms with Crippen LogP contribution in [0, 0.1) is 0 Å².